The van der Waals surface area contributed by atoms with Crippen molar-refractivity contribution in [1.29, 1.82) is 0 Å². The van der Waals surface area contributed by atoms with Crippen LogP contribution in [0.1, 0.15) is 12.8 Å². The fraction of sp³-hybridized carbons (Fsp3) is 0.400. The highest BCUT2D eigenvalue weighted by atomic mass is 16.1. The molecule has 1 amide bonds. The molecule has 2 N–H and O–H groups in total. The number of nitrogens with zero attached hydrogens (tertiary/aromatic N) is 5. The first-order valence-corrected chi connectivity index (χ1v) is 9.51. The van der Waals surface area contributed by atoms with Gasteiger partial charge in [-0.05, 0) is 45.1 Å². The molecular formula is C20H25N7O. The lowest BCUT2D eigenvalue weighted by Crippen LogP contribution is -2.36. The SMILES string of the molecule is CNc1ccc2ncc(-c3cnn(C)c3)nc2c1NC(=O)C1CCN(C)CC1. The fourth-order valence-electron chi connectivity index (χ4n) is 3.60. The molecule has 1 aliphatic rings. The van der Waals surface area contributed by atoms with Crippen LogP contribution in [0.2, 0.25) is 0 Å². The number of hydrogen-bond donors (Lipinski definition) is 2. The molecule has 1 aromatic carbocycles. The standard InChI is InChI=1S/C20H25N7O/c1-21-15-4-5-16-19(24-17(11-22-16)14-10-23-27(3)12-14)18(15)25-20(28)13-6-8-26(2)9-7-13/h4-5,10-13,21H,6-9H2,1-3H3,(H,25,28). The van der Waals surface area contributed by atoms with Crippen molar-refractivity contribution in [1.82, 2.24) is 24.6 Å². The Morgan fingerprint density at radius 3 is 2.64 bits per heavy atom. The molecule has 0 bridgehead atoms. The van der Waals surface area contributed by atoms with Gasteiger partial charge in [0.25, 0.3) is 0 Å². The second-order valence-corrected chi connectivity index (χ2v) is 7.33. The number of carbonyl (C=O) groups excluding carboxylic acids is 1. The number of likely N-dealkylation sites (tertiary alicyclic amines) is 1. The molecule has 2 aromatic heterocycles. The van der Waals surface area contributed by atoms with Gasteiger partial charge in [0.1, 0.15) is 5.52 Å². The molecule has 0 unspecified atom stereocenters. The van der Waals surface area contributed by atoms with E-state index in [1.807, 2.05) is 32.4 Å². The Balaban J connectivity index is 1.71. The number of piperidine rings is 1. The van der Waals surface area contributed by atoms with Gasteiger partial charge in [-0.3, -0.25) is 14.5 Å². The van der Waals surface area contributed by atoms with Crippen molar-refractivity contribution < 1.29 is 4.79 Å². The summed E-state index contributed by atoms with van der Waals surface area (Å²) in [5, 5.41) is 10.5. The molecule has 8 nitrogen and oxygen atoms in total. The summed E-state index contributed by atoms with van der Waals surface area (Å²) in [4.78, 5) is 24.5. The first-order chi connectivity index (χ1) is 13.5. The van der Waals surface area contributed by atoms with Crippen molar-refractivity contribution in [3.8, 4) is 11.3 Å². The Morgan fingerprint density at radius 2 is 1.96 bits per heavy atom. The maximum Gasteiger partial charge on any atom is 0.227 e. The average Bonchev–Trinajstić information content (AvgIpc) is 3.14. The first kappa shape index (κ1) is 18.4. The zero-order valence-corrected chi connectivity index (χ0v) is 16.4. The second-order valence-electron chi connectivity index (χ2n) is 7.33. The van der Waals surface area contributed by atoms with E-state index in [9.17, 15) is 4.79 Å². The highest BCUT2D eigenvalue weighted by Crippen LogP contribution is 2.32. The molecule has 0 aliphatic carbocycles. The van der Waals surface area contributed by atoms with Gasteiger partial charge >= 0.3 is 0 Å². The molecule has 0 atom stereocenters. The highest BCUT2D eigenvalue weighted by Gasteiger charge is 2.25. The lowest BCUT2D eigenvalue weighted by atomic mass is 9.96. The smallest absolute Gasteiger partial charge is 0.227 e. The average molecular weight is 379 g/mol. The minimum absolute atomic E-state index is 0.0191. The van der Waals surface area contributed by atoms with Gasteiger partial charge in [0, 0.05) is 31.8 Å². The van der Waals surface area contributed by atoms with E-state index in [1.54, 1.807) is 17.1 Å². The Bertz CT molecular complexity index is 1000. The van der Waals surface area contributed by atoms with Gasteiger partial charge in [-0.15, -0.1) is 0 Å². The minimum atomic E-state index is 0.0191. The molecule has 8 heteroatoms. The van der Waals surface area contributed by atoms with Crippen molar-refractivity contribution in [2.75, 3.05) is 37.8 Å². The lowest BCUT2D eigenvalue weighted by molar-refractivity contribution is -0.121. The third-order valence-corrected chi connectivity index (χ3v) is 5.32. The second kappa shape index (κ2) is 7.55. The maximum atomic E-state index is 12.9. The molecule has 0 radical (unpaired) electrons. The van der Waals surface area contributed by atoms with Crippen LogP contribution in [0.5, 0.6) is 0 Å². The lowest BCUT2D eigenvalue weighted by Gasteiger charge is -2.28. The van der Waals surface area contributed by atoms with Crippen LogP contribution in [0, 0.1) is 5.92 Å². The van der Waals surface area contributed by atoms with E-state index < -0.39 is 0 Å². The van der Waals surface area contributed by atoms with Crippen LogP contribution in [-0.2, 0) is 11.8 Å². The third kappa shape index (κ3) is 3.55. The zero-order chi connectivity index (χ0) is 19.7. The molecule has 3 aromatic rings. The predicted molar refractivity (Wildman–Crippen MR) is 110 cm³/mol. The molecule has 146 valence electrons. The minimum Gasteiger partial charge on any atom is -0.386 e. The van der Waals surface area contributed by atoms with Crippen molar-refractivity contribution >= 4 is 28.3 Å². The van der Waals surface area contributed by atoms with E-state index in [0.717, 1.165) is 48.4 Å². The van der Waals surface area contributed by atoms with E-state index in [1.165, 1.54) is 0 Å². The summed E-state index contributed by atoms with van der Waals surface area (Å²) in [7, 11) is 5.79. The van der Waals surface area contributed by atoms with Gasteiger partial charge in [-0.25, -0.2) is 4.98 Å². The number of rotatable bonds is 4. The van der Waals surface area contributed by atoms with Crippen LogP contribution in [-0.4, -0.2) is 57.7 Å². The number of carbonyl (C=O) groups is 1. The topological polar surface area (TPSA) is 88.0 Å². The van der Waals surface area contributed by atoms with Crippen molar-refractivity contribution in [3.05, 3.63) is 30.7 Å². The summed E-state index contributed by atoms with van der Waals surface area (Å²) in [5.74, 6) is 0.0660. The summed E-state index contributed by atoms with van der Waals surface area (Å²) < 4.78 is 1.73. The van der Waals surface area contributed by atoms with Gasteiger partial charge in [0.05, 0.1) is 35.0 Å². The van der Waals surface area contributed by atoms with E-state index >= 15 is 0 Å². The van der Waals surface area contributed by atoms with Crippen molar-refractivity contribution in [2.24, 2.45) is 13.0 Å². The summed E-state index contributed by atoms with van der Waals surface area (Å²) in [6.07, 6.45) is 7.13. The Kier molecular flexibility index (Phi) is 4.95. The number of nitrogens with one attached hydrogen (secondary N) is 2. The zero-order valence-electron chi connectivity index (χ0n) is 16.4. The Labute approximate surface area is 164 Å². The normalized spacial score (nSPS) is 15.7. The number of fused-ring (bicyclic) bond motifs is 1. The molecular weight excluding hydrogens is 354 g/mol. The van der Waals surface area contributed by atoms with Crippen LogP contribution in [0.25, 0.3) is 22.3 Å². The van der Waals surface area contributed by atoms with E-state index in [-0.39, 0.29) is 11.8 Å². The number of anilines is 2. The Morgan fingerprint density at radius 1 is 1.18 bits per heavy atom. The molecule has 28 heavy (non-hydrogen) atoms. The number of amides is 1. The van der Waals surface area contributed by atoms with Crippen molar-refractivity contribution in [3.63, 3.8) is 0 Å². The number of hydrogen-bond acceptors (Lipinski definition) is 6. The molecule has 0 spiro atoms. The summed E-state index contributed by atoms with van der Waals surface area (Å²) in [6, 6.07) is 3.83. The first-order valence-electron chi connectivity index (χ1n) is 9.51. The number of aromatic nitrogens is 4. The van der Waals surface area contributed by atoms with E-state index in [4.69, 9.17) is 4.98 Å². The molecule has 1 saturated heterocycles. The highest BCUT2D eigenvalue weighted by molar-refractivity contribution is 6.05. The third-order valence-electron chi connectivity index (χ3n) is 5.32. The maximum absolute atomic E-state index is 12.9. The van der Waals surface area contributed by atoms with Gasteiger partial charge < -0.3 is 15.5 Å². The largest absolute Gasteiger partial charge is 0.386 e. The van der Waals surface area contributed by atoms with Crippen LogP contribution >= 0.6 is 0 Å². The van der Waals surface area contributed by atoms with Gasteiger partial charge in [-0.2, -0.15) is 5.10 Å². The predicted octanol–water partition coefficient (Wildman–Crippen LogP) is 2.35. The van der Waals surface area contributed by atoms with Gasteiger partial charge in [0.15, 0.2) is 0 Å². The summed E-state index contributed by atoms with van der Waals surface area (Å²) >= 11 is 0. The Hall–Kier alpha value is -3.00. The monoisotopic (exact) mass is 379 g/mol. The summed E-state index contributed by atoms with van der Waals surface area (Å²) in [6.45, 7) is 1.88. The number of aryl methyl sites for hydroxylation is 1. The summed E-state index contributed by atoms with van der Waals surface area (Å²) in [5.41, 5.74) is 4.54. The molecule has 4 rings (SSSR count). The molecule has 1 aliphatic heterocycles. The van der Waals surface area contributed by atoms with E-state index in [0.29, 0.717) is 11.2 Å². The van der Waals surface area contributed by atoms with Crippen LogP contribution < -0.4 is 10.6 Å². The molecule has 3 heterocycles. The van der Waals surface area contributed by atoms with Crippen LogP contribution in [0.3, 0.4) is 0 Å². The van der Waals surface area contributed by atoms with Gasteiger partial charge in [0.2, 0.25) is 5.91 Å². The fourth-order valence-corrected chi connectivity index (χ4v) is 3.60. The van der Waals surface area contributed by atoms with Crippen molar-refractivity contribution in [2.45, 2.75) is 12.8 Å². The molecule has 1 fully saturated rings. The quantitative estimate of drug-likeness (QED) is 0.724. The van der Waals surface area contributed by atoms with Crippen LogP contribution in [0.15, 0.2) is 30.7 Å². The van der Waals surface area contributed by atoms with E-state index in [2.05, 4.69) is 32.7 Å². The molecule has 0 saturated carbocycles. The van der Waals surface area contributed by atoms with Crippen LogP contribution in [0.4, 0.5) is 11.4 Å². The number of benzene rings is 1. The van der Waals surface area contributed by atoms with Gasteiger partial charge in [-0.1, -0.05) is 0 Å².